The number of Topliss-reactive ketones (excluding diaryl/α,β-unsaturated/α-hetero) is 1. The van der Waals surface area contributed by atoms with E-state index < -0.39 is 0 Å². The van der Waals surface area contributed by atoms with Crippen LogP contribution in [0.3, 0.4) is 0 Å². The van der Waals surface area contributed by atoms with Gasteiger partial charge >= 0.3 is 0 Å². The molecule has 3 nitrogen and oxygen atoms in total. The average molecular weight is 294 g/mol. The summed E-state index contributed by atoms with van der Waals surface area (Å²) < 4.78 is 2.03. The molecule has 2 rings (SSSR count). The Kier molecular flexibility index (Phi) is 6.14. The smallest absolute Gasteiger partial charge is 0.139 e. The van der Waals surface area contributed by atoms with E-state index in [1.807, 2.05) is 28.7 Å². The van der Waals surface area contributed by atoms with Crippen molar-refractivity contribution in [2.24, 2.45) is 5.92 Å². The molecule has 20 heavy (non-hydrogen) atoms. The molecule has 0 atom stereocenters. The molecule has 1 aromatic heterocycles. The summed E-state index contributed by atoms with van der Waals surface area (Å²) in [6, 6.07) is 2.47. The lowest BCUT2D eigenvalue weighted by molar-refractivity contribution is -0.119. The van der Waals surface area contributed by atoms with E-state index in [2.05, 4.69) is 18.9 Å². The highest BCUT2D eigenvalue weighted by Gasteiger charge is 2.18. The molecule has 2 heterocycles. The second-order valence-electron chi connectivity index (χ2n) is 5.73. The summed E-state index contributed by atoms with van der Waals surface area (Å²) >= 11 is 2.01. The molecule has 1 aromatic rings. The van der Waals surface area contributed by atoms with Crippen molar-refractivity contribution in [2.45, 2.75) is 58.4 Å². The highest BCUT2D eigenvalue weighted by atomic mass is 32.2. The predicted molar refractivity (Wildman–Crippen MR) is 85.2 cm³/mol. The lowest BCUT2D eigenvalue weighted by Gasteiger charge is -2.20. The summed E-state index contributed by atoms with van der Waals surface area (Å²) in [6.07, 6.45) is 7.88. The first-order chi connectivity index (χ1) is 9.72. The lowest BCUT2D eigenvalue weighted by atomic mass is 9.95. The minimum atomic E-state index is 0.358. The highest BCUT2D eigenvalue weighted by Crippen LogP contribution is 2.25. The van der Waals surface area contributed by atoms with Gasteiger partial charge in [0.15, 0.2) is 0 Å². The summed E-state index contributed by atoms with van der Waals surface area (Å²) in [5, 5.41) is 4.58. The molecule has 1 aliphatic heterocycles. The molecule has 1 saturated heterocycles. The van der Waals surface area contributed by atoms with Gasteiger partial charge < -0.3 is 0 Å². The van der Waals surface area contributed by atoms with E-state index in [0.29, 0.717) is 24.2 Å². The zero-order chi connectivity index (χ0) is 14.4. The monoisotopic (exact) mass is 294 g/mol. The average Bonchev–Trinajstić information content (AvgIpc) is 2.89. The third-order valence-electron chi connectivity index (χ3n) is 4.22. The zero-order valence-corrected chi connectivity index (χ0v) is 13.5. The summed E-state index contributed by atoms with van der Waals surface area (Å²) in [5.41, 5.74) is 0.937. The van der Waals surface area contributed by atoms with Crippen LogP contribution in [-0.4, -0.2) is 27.1 Å². The first-order valence-electron chi connectivity index (χ1n) is 7.86. The number of hydrogen-bond donors (Lipinski definition) is 0. The van der Waals surface area contributed by atoms with Gasteiger partial charge in [-0.25, -0.2) is 0 Å². The van der Waals surface area contributed by atoms with Crippen LogP contribution < -0.4 is 0 Å². The minimum Gasteiger partial charge on any atom is -0.299 e. The highest BCUT2D eigenvalue weighted by molar-refractivity contribution is 7.99. The van der Waals surface area contributed by atoms with Gasteiger partial charge in [-0.3, -0.25) is 9.48 Å². The maximum atomic E-state index is 12.1. The minimum absolute atomic E-state index is 0.358. The molecular formula is C16H26N2OS. The number of thioether (sulfide) groups is 1. The van der Waals surface area contributed by atoms with Crippen molar-refractivity contribution in [1.29, 1.82) is 0 Å². The van der Waals surface area contributed by atoms with E-state index >= 15 is 0 Å². The number of carbonyl (C=O) groups excluding carboxylic acids is 1. The number of nitrogens with zero attached hydrogens (tertiary/aromatic N) is 2. The molecule has 0 aromatic carbocycles. The van der Waals surface area contributed by atoms with Crippen molar-refractivity contribution in [1.82, 2.24) is 9.78 Å². The number of hydrogen-bond acceptors (Lipinski definition) is 3. The second kappa shape index (κ2) is 7.87. The second-order valence-corrected chi connectivity index (χ2v) is 6.96. The fourth-order valence-electron chi connectivity index (χ4n) is 2.88. The Labute approximate surface area is 126 Å². The Morgan fingerprint density at radius 3 is 2.75 bits per heavy atom. The molecule has 0 radical (unpaired) electrons. The van der Waals surface area contributed by atoms with E-state index in [0.717, 1.165) is 25.0 Å². The summed E-state index contributed by atoms with van der Waals surface area (Å²) in [4.78, 5) is 12.1. The van der Waals surface area contributed by atoms with Crippen LogP contribution in [0, 0.1) is 5.92 Å². The molecule has 0 amide bonds. The molecule has 0 saturated carbocycles. The molecule has 112 valence electrons. The van der Waals surface area contributed by atoms with Gasteiger partial charge in [-0.1, -0.05) is 13.8 Å². The van der Waals surface area contributed by atoms with E-state index in [4.69, 9.17) is 0 Å². The molecule has 0 spiro atoms. The normalized spacial score (nSPS) is 16.8. The lowest BCUT2D eigenvalue weighted by Crippen LogP contribution is -2.16. The fourth-order valence-corrected chi connectivity index (χ4v) is 4.09. The van der Waals surface area contributed by atoms with Gasteiger partial charge in [-0.05, 0) is 49.2 Å². The van der Waals surface area contributed by atoms with Gasteiger partial charge in [0.1, 0.15) is 5.78 Å². The van der Waals surface area contributed by atoms with Crippen molar-refractivity contribution in [3.63, 3.8) is 0 Å². The molecule has 0 N–H and O–H groups in total. The number of ketones is 1. The number of rotatable bonds is 7. The van der Waals surface area contributed by atoms with Crippen LogP contribution in [-0.2, 0) is 11.2 Å². The molecule has 0 bridgehead atoms. The van der Waals surface area contributed by atoms with Crippen LogP contribution in [0.15, 0.2) is 12.3 Å². The quantitative estimate of drug-likeness (QED) is 0.765. The Bertz CT molecular complexity index is 420. The van der Waals surface area contributed by atoms with Crippen LogP contribution in [0.2, 0.25) is 0 Å². The van der Waals surface area contributed by atoms with Gasteiger partial charge in [0.25, 0.3) is 0 Å². The standard InChI is InChI=1S/C16H26N2OS/c1-3-15(4-2)18-8-5-14(17-18)12-16(19)11-13-6-9-20-10-7-13/h5,8,13,15H,3-4,6-7,9-12H2,1-2H3. The van der Waals surface area contributed by atoms with E-state index in [1.165, 1.54) is 24.3 Å². The van der Waals surface area contributed by atoms with Gasteiger partial charge in [0.2, 0.25) is 0 Å². The summed E-state index contributed by atoms with van der Waals surface area (Å²) in [6.45, 7) is 4.36. The summed E-state index contributed by atoms with van der Waals surface area (Å²) in [7, 11) is 0. The van der Waals surface area contributed by atoms with Crippen molar-refractivity contribution in [3.8, 4) is 0 Å². The topological polar surface area (TPSA) is 34.9 Å². The van der Waals surface area contributed by atoms with Gasteiger partial charge in [0, 0.05) is 12.6 Å². The van der Waals surface area contributed by atoms with Crippen molar-refractivity contribution < 1.29 is 4.79 Å². The number of aromatic nitrogens is 2. The fraction of sp³-hybridized carbons (Fsp3) is 0.750. The van der Waals surface area contributed by atoms with E-state index in [1.54, 1.807) is 0 Å². The Morgan fingerprint density at radius 1 is 1.40 bits per heavy atom. The maximum absolute atomic E-state index is 12.1. The molecule has 1 aliphatic rings. The van der Waals surface area contributed by atoms with Gasteiger partial charge in [-0.15, -0.1) is 0 Å². The SMILES string of the molecule is CCC(CC)n1ccc(CC(=O)CC2CCSCC2)n1. The first-order valence-corrected chi connectivity index (χ1v) is 9.01. The van der Waals surface area contributed by atoms with Gasteiger partial charge in [-0.2, -0.15) is 16.9 Å². The van der Waals surface area contributed by atoms with Crippen LogP contribution in [0.1, 0.15) is 57.7 Å². The molecular weight excluding hydrogens is 268 g/mol. The number of carbonyl (C=O) groups is 1. The van der Waals surface area contributed by atoms with Crippen molar-refractivity contribution in [3.05, 3.63) is 18.0 Å². The molecule has 0 unspecified atom stereocenters. The van der Waals surface area contributed by atoms with Gasteiger partial charge in [0.05, 0.1) is 18.2 Å². The van der Waals surface area contributed by atoms with Crippen molar-refractivity contribution in [2.75, 3.05) is 11.5 Å². The molecule has 1 fully saturated rings. The predicted octanol–water partition coefficient (Wildman–Crippen LogP) is 3.89. The first kappa shape index (κ1) is 15.6. The van der Waals surface area contributed by atoms with E-state index in [9.17, 15) is 4.79 Å². The molecule has 0 aliphatic carbocycles. The Balaban J connectivity index is 1.84. The Morgan fingerprint density at radius 2 is 2.10 bits per heavy atom. The van der Waals surface area contributed by atoms with E-state index in [-0.39, 0.29) is 0 Å². The zero-order valence-electron chi connectivity index (χ0n) is 12.7. The largest absolute Gasteiger partial charge is 0.299 e. The third-order valence-corrected chi connectivity index (χ3v) is 5.26. The Hall–Kier alpha value is -0.770. The van der Waals surface area contributed by atoms with Crippen LogP contribution in [0.4, 0.5) is 0 Å². The summed E-state index contributed by atoms with van der Waals surface area (Å²) in [5.74, 6) is 3.42. The van der Waals surface area contributed by atoms with Crippen LogP contribution >= 0.6 is 11.8 Å². The van der Waals surface area contributed by atoms with Crippen molar-refractivity contribution >= 4 is 17.5 Å². The molecule has 4 heteroatoms. The maximum Gasteiger partial charge on any atom is 0.139 e. The third kappa shape index (κ3) is 4.37. The van der Waals surface area contributed by atoms with Crippen LogP contribution in [0.5, 0.6) is 0 Å². The van der Waals surface area contributed by atoms with Crippen LogP contribution in [0.25, 0.3) is 0 Å².